The van der Waals surface area contributed by atoms with E-state index < -0.39 is 6.04 Å². The Morgan fingerprint density at radius 2 is 1.87 bits per heavy atom. The number of rotatable bonds is 11. The predicted molar refractivity (Wildman–Crippen MR) is 128 cm³/mol. The fourth-order valence-corrected chi connectivity index (χ4v) is 3.86. The molecule has 1 atom stereocenters. The zero-order valence-electron chi connectivity index (χ0n) is 18.3. The summed E-state index contributed by atoms with van der Waals surface area (Å²) in [5.74, 6) is 0.0177. The molecular weight excluding hydrogens is 480 g/mol. The average Bonchev–Trinajstić information content (AvgIpc) is 2.74. The SMILES string of the molecule is CCCCNC(=O)C(CC)N(Cc1ccc(C)cc1)C(=O)COc1ccc(Br)cc1Cl. The summed E-state index contributed by atoms with van der Waals surface area (Å²) in [6.07, 6.45) is 2.40. The van der Waals surface area contributed by atoms with Crippen LogP contribution in [-0.4, -0.2) is 35.9 Å². The molecule has 1 N–H and O–H groups in total. The summed E-state index contributed by atoms with van der Waals surface area (Å²) < 4.78 is 6.51. The quantitative estimate of drug-likeness (QED) is 0.406. The summed E-state index contributed by atoms with van der Waals surface area (Å²) in [5.41, 5.74) is 2.10. The molecule has 5 nitrogen and oxygen atoms in total. The number of benzene rings is 2. The maximum absolute atomic E-state index is 13.2. The molecule has 1 unspecified atom stereocenters. The lowest BCUT2D eigenvalue weighted by Gasteiger charge is -2.30. The summed E-state index contributed by atoms with van der Waals surface area (Å²) in [6.45, 7) is 6.72. The van der Waals surface area contributed by atoms with Gasteiger partial charge >= 0.3 is 0 Å². The molecular formula is C24H30BrClN2O3. The smallest absolute Gasteiger partial charge is 0.261 e. The minimum absolute atomic E-state index is 0.141. The van der Waals surface area contributed by atoms with Crippen molar-refractivity contribution in [2.75, 3.05) is 13.2 Å². The molecule has 2 amide bonds. The van der Waals surface area contributed by atoms with E-state index in [1.54, 1.807) is 23.1 Å². The standard InChI is InChI=1S/C24H30BrClN2O3/c1-4-6-13-27-24(30)21(5-2)28(15-18-9-7-17(3)8-10-18)23(29)16-31-22-12-11-19(25)14-20(22)26/h7-12,14,21H,4-6,13,15-16H2,1-3H3,(H,27,30). The molecule has 2 aromatic rings. The Morgan fingerprint density at radius 3 is 2.48 bits per heavy atom. The Morgan fingerprint density at radius 1 is 1.16 bits per heavy atom. The van der Waals surface area contributed by atoms with Crippen molar-refractivity contribution in [3.8, 4) is 5.75 Å². The van der Waals surface area contributed by atoms with Gasteiger partial charge in [-0.2, -0.15) is 0 Å². The zero-order valence-corrected chi connectivity index (χ0v) is 20.6. The molecule has 7 heteroatoms. The van der Waals surface area contributed by atoms with Crippen molar-refractivity contribution in [2.24, 2.45) is 0 Å². The molecule has 0 radical (unpaired) electrons. The van der Waals surface area contributed by atoms with Gasteiger partial charge in [0.25, 0.3) is 5.91 Å². The highest BCUT2D eigenvalue weighted by atomic mass is 79.9. The summed E-state index contributed by atoms with van der Waals surface area (Å²) >= 11 is 9.56. The average molecular weight is 510 g/mol. The third kappa shape index (κ3) is 7.86. The van der Waals surface area contributed by atoms with Gasteiger partial charge in [-0.3, -0.25) is 9.59 Å². The number of nitrogens with one attached hydrogen (secondary N) is 1. The highest BCUT2D eigenvalue weighted by molar-refractivity contribution is 9.10. The van der Waals surface area contributed by atoms with Crippen LogP contribution in [0.15, 0.2) is 46.9 Å². The first-order chi connectivity index (χ1) is 14.8. The van der Waals surface area contributed by atoms with Crippen molar-refractivity contribution in [3.05, 3.63) is 63.1 Å². The molecule has 2 aromatic carbocycles. The van der Waals surface area contributed by atoms with Gasteiger partial charge < -0.3 is 15.0 Å². The van der Waals surface area contributed by atoms with Crippen LogP contribution in [0.25, 0.3) is 0 Å². The number of ether oxygens (including phenoxy) is 1. The van der Waals surface area contributed by atoms with Crippen LogP contribution in [0.1, 0.15) is 44.2 Å². The van der Waals surface area contributed by atoms with Crippen molar-refractivity contribution >= 4 is 39.3 Å². The topological polar surface area (TPSA) is 58.6 Å². The fraction of sp³-hybridized carbons (Fsp3) is 0.417. The van der Waals surface area contributed by atoms with Crippen molar-refractivity contribution < 1.29 is 14.3 Å². The second kappa shape index (κ2) is 12.7. The minimum Gasteiger partial charge on any atom is -0.482 e. The first-order valence-corrected chi connectivity index (χ1v) is 11.7. The first-order valence-electron chi connectivity index (χ1n) is 10.6. The molecule has 0 fully saturated rings. The molecule has 0 aromatic heterocycles. The van der Waals surface area contributed by atoms with E-state index in [9.17, 15) is 9.59 Å². The van der Waals surface area contributed by atoms with E-state index >= 15 is 0 Å². The van der Waals surface area contributed by atoms with Crippen LogP contribution in [0.5, 0.6) is 5.75 Å². The van der Waals surface area contributed by atoms with Crippen molar-refractivity contribution in [1.29, 1.82) is 0 Å². The van der Waals surface area contributed by atoms with Crippen LogP contribution in [0, 0.1) is 6.92 Å². The van der Waals surface area contributed by atoms with Gasteiger partial charge in [0.15, 0.2) is 6.61 Å². The maximum atomic E-state index is 13.2. The Labute approximate surface area is 198 Å². The Kier molecular flexibility index (Phi) is 10.3. The predicted octanol–water partition coefficient (Wildman–Crippen LogP) is 5.51. The third-order valence-electron chi connectivity index (χ3n) is 4.93. The van der Waals surface area contributed by atoms with Crippen molar-refractivity contribution in [1.82, 2.24) is 10.2 Å². The van der Waals surface area contributed by atoms with Gasteiger partial charge in [0.1, 0.15) is 11.8 Å². The molecule has 2 rings (SSSR count). The highest BCUT2D eigenvalue weighted by Crippen LogP contribution is 2.28. The molecule has 0 aliphatic carbocycles. The third-order valence-corrected chi connectivity index (χ3v) is 5.72. The van der Waals surface area contributed by atoms with E-state index in [1.807, 2.05) is 38.1 Å². The van der Waals surface area contributed by atoms with Gasteiger partial charge in [-0.25, -0.2) is 0 Å². The van der Waals surface area contributed by atoms with Crippen LogP contribution in [-0.2, 0) is 16.1 Å². The molecule has 0 aliphatic heterocycles. The molecule has 0 spiro atoms. The Balaban J connectivity index is 2.18. The Bertz CT molecular complexity index is 874. The largest absolute Gasteiger partial charge is 0.482 e. The summed E-state index contributed by atoms with van der Waals surface area (Å²) in [6, 6.07) is 12.6. The summed E-state index contributed by atoms with van der Waals surface area (Å²) in [4.78, 5) is 27.6. The minimum atomic E-state index is -0.574. The molecule has 0 saturated carbocycles. The number of halogens is 2. The van der Waals surface area contributed by atoms with Crippen LogP contribution >= 0.6 is 27.5 Å². The van der Waals surface area contributed by atoms with Gasteiger partial charge in [-0.1, -0.05) is 77.6 Å². The van der Waals surface area contributed by atoms with E-state index in [4.69, 9.17) is 16.3 Å². The van der Waals surface area contributed by atoms with Crippen molar-refractivity contribution in [2.45, 2.75) is 52.6 Å². The summed E-state index contributed by atoms with van der Waals surface area (Å²) in [7, 11) is 0. The van der Waals surface area contributed by atoms with E-state index in [1.165, 1.54) is 0 Å². The van der Waals surface area contributed by atoms with Gasteiger partial charge in [-0.05, 0) is 43.5 Å². The molecule has 0 saturated heterocycles. The summed E-state index contributed by atoms with van der Waals surface area (Å²) in [5, 5.41) is 3.37. The zero-order chi connectivity index (χ0) is 22.8. The van der Waals surface area contributed by atoms with Crippen LogP contribution < -0.4 is 10.1 Å². The molecule has 0 bridgehead atoms. The Hall–Kier alpha value is -2.05. The van der Waals surface area contributed by atoms with Gasteiger partial charge in [0, 0.05) is 17.6 Å². The van der Waals surface area contributed by atoms with E-state index in [0.717, 1.165) is 28.4 Å². The number of aryl methyl sites for hydroxylation is 1. The van der Waals surface area contributed by atoms with Crippen LogP contribution in [0.4, 0.5) is 0 Å². The van der Waals surface area contributed by atoms with Gasteiger partial charge in [-0.15, -0.1) is 0 Å². The second-order valence-corrected chi connectivity index (χ2v) is 8.76. The molecule has 31 heavy (non-hydrogen) atoms. The molecule has 0 heterocycles. The number of carbonyl (C=O) groups excluding carboxylic acids is 2. The number of amides is 2. The van der Waals surface area contributed by atoms with Crippen LogP contribution in [0.3, 0.4) is 0 Å². The number of hydrogen-bond acceptors (Lipinski definition) is 3. The normalized spacial score (nSPS) is 11.6. The lowest BCUT2D eigenvalue weighted by atomic mass is 10.1. The second-order valence-electron chi connectivity index (χ2n) is 7.44. The number of nitrogens with zero attached hydrogens (tertiary/aromatic N) is 1. The van der Waals surface area contributed by atoms with E-state index in [0.29, 0.717) is 30.3 Å². The van der Waals surface area contributed by atoms with E-state index in [-0.39, 0.29) is 18.4 Å². The van der Waals surface area contributed by atoms with Crippen molar-refractivity contribution in [3.63, 3.8) is 0 Å². The number of carbonyl (C=O) groups is 2. The lowest BCUT2D eigenvalue weighted by molar-refractivity contribution is -0.143. The molecule has 168 valence electrons. The maximum Gasteiger partial charge on any atom is 0.261 e. The van der Waals surface area contributed by atoms with Crippen LogP contribution in [0.2, 0.25) is 5.02 Å². The highest BCUT2D eigenvalue weighted by Gasteiger charge is 2.28. The number of unbranched alkanes of at least 4 members (excludes halogenated alkanes) is 1. The van der Waals surface area contributed by atoms with Gasteiger partial charge in [0.05, 0.1) is 5.02 Å². The number of hydrogen-bond donors (Lipinski definition) is 1. The van der Waals surface area contributed by atoms with Gasteiger partial charge in [0.2, 0.25) is 5.91 Å². The molecule has 0 aliphatic rings. The van der Waals surface area contributed by atoms with E-state index in [2.05, 4.69) is 28.2 Å². The monoisotopic (exact) mass is 508 g/mol. The fourth-order valence-electron chi connectivity index (χ4n) is 3.13. The first kappa shape index (κ1) is 25.2. The lowest BCUT2D eigenvalue weighted by Crippen LogP contribution is -2.50.